The first-order chi connectivity index (χ1) is 10.0. The Labute approximate surface area is 134 Å². The van der Waals surface area contributed by atoms with Gasteiger partial charge in [0.05, 0.1) is 13.2 Å². The van der Waals surface area contributed by atoms with Crippen molar-refractivity contribution >= 4 is 40.4 Å². The van der Waals surface area contributed by atoms with Gasteiger partial charge in [-0.1, -0.05) is 23.8 Å². The lowest BCUT2D eigenvalue weighted by atomic mass is 10.1. The SMILES string of the molecule is CCNC(=O)C1COCCN1c1ccc(Cl)cc1C(N)=S. The Balaban J connectivity index is 2.37. The third-order valence-corrected chi connectivity index (χ3v) is 3.77. The number of thiocarbonyl (C=S) groups is 1. The van der Waals surface area contributed by atoms with E-state index >= 15 is 0 Å². The summed E-state index contributed by atoms with van der Waals surface area (Å²) in [7, 11) is 0. The number of nitrogens with zero attached hydrogens (tertiary/aromatic N) is 1. The Bertz CT molecular complexity index is 553. The fraction of sp³-hybridized carbons (Fsp3) is 0.429. The molecule has 0 aromatic heterocycles. The van der Waals surface area contributed by atoms with Gasteiger partial charge in [-0.25, -0.2) is 0 Å². The molecule has 2 rings (SSSR count). The highest BCUT2D eigenvalue weighted by Gasteiger charge is 2.30. The summed E-state index contributed by atoms with van der Waals surface area (Å²) in [6.45, 7) is 3.94. The van der Waals surface area contributed by atoms with E-state index in [1.165, 1.54) is 0 Å². The smallest absolute Gasteiger partial charge is 0.245 e. The van der Waals surface area contributed by atoms with Gasteiger partial charge in [0.15, 0.2) is 0 Å². The lowest BCUT2D eigenvalue weighted by molar-refractivity contribution is -0.124. The molecule has 1 unspecified atom stereocenters. The molecule has 1 saturated heterocycles. The molecule has 0 saturated carbocycles. The Hall–Kier alpha value is -1.37. The van der Waals surface area contributed by atoms with Crippen molar-refractivity contribution in [1.29, 1.82) is 0 Å². The van der Waals surface area contributed by atoms with Crippen LogP contribution in [0.4, 0.5) is 5.69 Å². The molecule has 21 heavy (non-hydrogen) atoms. The van der Waals surface area contributed by atoms with Gasteiger partial charge >= 0.3 is 0 Å². The Kier molecular flexibility index (Phi) is 5.39. The molecular weight excluding hydrogens is 310 g/mol. The van der Waals surface area contributed by atoms with Crippen LogP contribution in [-0.4, -0.2) is 43.2 Å². The zero-order chi connectivity index (χ0) is 15.4. The molecule has 1 aromatic rings. The molecule has 5 nitrogen and oxygen atoms in total. The Morgan fingerprint density at radius 2 is 2.38 bits per heavy atom. The molecular formula is C14H18ClN3O2S. The first kappa shape index (κ1) is 16.0. The number of ether oxygens (including phenoxy) is 1. The van der Waals surface area contributed by atoms with E-state index in [0.29, 0.717) is 36.9 Å². The second-order valence-corrected chi connectivity index (χ2v) is 5.58. The minimum atomic E-state index is -0.395. The number of likely N-dealkylation sites (N-methyl/N-ethyl adjacent to an activating group) is 1. The van der Waals surface area contributed by atoms with Crippen LogP contribution >= 0.6 is 23.8 Å². The second-order valence-electron chi connectivity index (χ2n) is 4.70. The normalized spacial score (nSPS) is 18.4. The lowest BCUT2D eigenvalue weighted by Crippen LogP contribution is -2.54. The molecule has 1 aliphatic rings. The Morgan fingerprint density at radius 1 is 1.62 bits per heavy atom. The summed E-state index contributed by atoms with van der Waals surface area (Å²) in [5, 5.41) is 3.38. The lowest BCUT2D eigenvalue weighted by Gasteiger charge is -2.37. The van der Waals surface area contributed by atoms with Gasteiger partial charge in [-0.05, 0) is 25.1 Å². The number of nitrogens with two attached hydrogens (primary N) is 1. The maximum atomic E-state index is 12.2. The van der Waals surface area contributed by atoms with E-state index in [9.17, 15) is 4.79 Å². The first-order valence-corrected chi connectivity index (χ1v) is 7.54. The number of halogens is 1. The molecule has 1 atom stereocenters. The number of carbonyl (C=O) groups is 1. The third kappa shape index (κ3) is 3.64. The van der Waals surface area contributed by atoms with Gasteiger partial charge in [-0.2, -0.15) is 0 Å². The zero-order valence-electron chi connectivity index (χ0n) is 11.8. The topological polar surface area (TPSA) is 67.6 Å². The van der Waals surface area contributed by atoms with Crippen LogP contribution in [0.15, 0.2) is 18.2 Å². The second kappa shape index (κ2) is 7.06. The molecule has 114 valence electrons. The van der Waals surface area contributed by atoms with E-state index in [4.69, 9.17) is 34.3 Å². The van der Waals surface area contributed by atoms with E-state index < -0.39 is 6.04 Å². The van der Waals surface area contributed by atoms with E-state index in [1.54, 1.807) is 12.1 Å². The van der Waals surface area contributed by atoms with Gasteiger partial charge in [0.2, 0.25) is 5.91 Å². The van der Waals surface area contributed by atoms with Crippen LogP contribution < -0.4 is 16.0 Å². The zero-order valence-corrected chi connectivity index (χ0v) is 13.3. The Morgan fingerprint density at radius 3 is 3.05 bits per heavy atom. The largest absolute Gasteiger partial charge is 0.389 e. The van der Waals surface area contributed by atoms with Gasteiger partial charge in [0.25, 0.3) is 0 Å². The summed E-state index contributed by atoms with van der Waals surface area (Å²) >= 11 is 11.1. The number of morpholine rings is 1. The van der Waals surface area contributed by atoms with Gasteiger partial charge < -0.3 is 20.7 Å². The predicted octanol–water partition coefficient (Wildman–Crippen LogP) is 1.32. The minimum Gasteiger partial charge on any atom is -0.389 e. The van der Waals surface area contributed by atoms with Gasteiger partial charge in [0.1, 0.15) is 11.0 Å². The van der Waals surface area contributed by atoms with Crippen LogP contribution in [0.1, 0.15) is 12.5 Å². The van der Waals surface area contributed by atoms with E-state index in [-0.39, 0.29) is 10.9 Å². The average molecular weight is 328 g/mol. The molecule has 1 heterocycles. The van der Waals surface area contributed by atoms with Crippen molar-refractivity contribution in [1.82, 2.24) is 5.32 Å². The number of hydrogen-bond acceptors (Lipinski definition) is 4. The number of rotatable bonds is 4. The summed E-state index contributed by atoms with van der Waals surface area (Å²) in [5.41, 5.74) is 7.27. The number of anilines is 1. The predicted molar refractivity (Wildman–Crippen MR) is 88.0 cm³/mol. The molecule has 1 fully saturated rings. The number of carbonyl (C=O) groups excluding carboxylic acids is 1. The average Bonchev–Trinajstić information content (AvgIpc) is 2.47. The van der Waals surface area contributed by atoms with Crippen molar-refractivity contribution in [3.8, 4) is 0 Å². The summed E-state index contributed by atoms with van der Waals surface area (Å²) in [5.74, 6) is -0.0685. The number of hydrogen-bond donors (Lipinski definition) is 2. The van der Waals surface area contributed by atoms with Crippen LogP contribution in [0.5, 0.6) is 0 Å². The monoisotopic (exact) mass is 327 g/mol. The quantitative estimate of drug-likeness (QED) is 0.816. The fourth-order valence-electron chi connectivity index (χ4n) is 2.36. The third-order valence-electron chi connectivity index (χ3n) is 3.32. The number of nitrogens with one attached hydrogen (secondary N) is 1. The van der Waals surface area contributed by atoms with Crippen molar-refractivity contribution in [2.75, 3.05) is 31.2 Å². The summed E-state index contributed by atoms with van der Waals surface area (Å²) in [6, 6.07) is 4.94. The maximum absolute atomic E-state index is 12.2. The molecule has 7 heteroatoms. The highest BCUT2D eigenvalue weighted by Crippen LogP contribution is 2.27. The van der Waals surface area contributed by atoms with Crippen LogP contribution in [0.25, 0.3) is 0 Å². The number of benzene rings is 1. The summed E-state index contributed by atoms with van der Waals surface area (Å²) in [6.07, 6.45) is 0. The molecule has 0 bridgehead atoms. The molecule has 0 radical (unpaired) electrons. The van der Waals surface area contributed by atoms with Crippen molar-refractivity contribution < 1.29 is 9.53 Å². The molecule has 1 amide bonds. The fourth-order valence-corrected chi connectivity index (χ4v) is 2.69. The summed E-state index contributed by atoms with van der Waals surface area (Å²) < 4.78 is 5.43. The molecule has 0 aliphatic carbocycles. The van der Waals surface area contributed by atoms with Gasteiger partial charge in [-0.3, -0.25) is 4.79 Å². The van der Waals surface area contributed by atoms with Crippen LogP contribution in [0, 0.1) is 0 Å². The highest BCUT2D eigenvalue weighted by atomic mass is 35.5. The van der Waals surface area contributed by atoms with Gasteiger partial charge in [-0.15, -0.1) is 0 Å². The highest BCUT2D eigenvalue weighted by molar-refractivity contribution is 7.80. The van der Waals surface area contributed by atoms with Crippen molar-refractivity contribution in [3.05, 3.63) is 28.8 Å². The molecule has 1 aromatic carbocycles. The summed E-state index contributed by atoms with van der Waals surface area (Å²) in [4.78, 5) is 14.4. The van der Waals surface area contributed by atoms with Crippen molar-refractivity contribution in [3.63, 3.8) is 0 Å². The van der Waals surface area contributed by atoms with Crippen LogP contribution in [-0.2, 0) is 9.53 Å². The van der Waals surface area contributed by atoms with Crippen LogP contribution in [0.2, 0.25) is 5.02 Å². The number of amides is 1. The molecule has 1 aliphatic heterocycles. The maximum Gasteiger partial charge on any atom is 0.245 e. The van der Waals surface area contributed by atoms with Crippen molar-refractivity contribution in [2.45, 2.75) is 13.0 Å². The van der Waals surface area contributed by atoms with Gasteiger partial charge in [0, 0.05) is 29.4 Å². The van der Waals surface area contributed by atoms with Crippen molar-refractivity contribution in [2.24, 2.45) is 5.73 Å². The van der Waals surface area contributed by atoms with E-state index in [1.807, 2.05) is 17.9 Å². The van der Waals surface area contributed by atoms with E-state index in [2.05, 4.69) is 5.32 Å². The standard InChI is InChI=1S/C14H18ClN3O2S/c1-2-17-14(19)12-8-20-6-5-18(12)11-4-3-9(15)7-10(11)13(16)21/h3-4,7,12H,2,5-6,8H2,1H3,(H2,16,21)(H,17,19). The first-order valence-electron chi connectivity index (χ1n) is 6.76. The van der Waals surface area contributed by atoms with E-state index in [0.717, 1.165) is 5.69 Å². The molecule has 3 N–H and O–H groups in total. The molecule has 0 spiro atoms. The minimum absolute atomic E-state index is 0.0685. The van der Waals surface area contributed by atoms with Crippen LogP contribution in [0.3, 0.4) is 0 Å².